The van der Waals surface area contributed by atoms with Crippen molar-refractivity contribution in [1.82, 2.24) is 10.2 Å². The predicted octanol–water partition coefficient (Wildman–Crippen LogP) is 1.90. The molecule has 0 spiro atoms. The number of carbonyl (C=O) groups is 1. The second-order valence-corrected chi connectivity index (χ2v) is 6.54. The molecule has 2 fully saturated rings. The summed E-state index contributed by atoms with van der Waals surface area (Å²) in [6, 6.07) is 0.391. The van der Waals surface area contributed by atoms with Gasteiger partial charge in [0.05, 0.1) is 0 Å². The lowest BCUT2D eigenvalue weighted by Crippen LogP contribution is -2.47. The fraction of sp³-hybridized carbons (Fsp3) is 0.917. The van der Waals surface area contributed by atoms with Crippen LogP contribution in [-0.2, 0) is 4.79 Å². The van der Waals surface area contributed by atoms with Crippen LogP contribution in [0.4, 0.5) is 0 Å². The van der Waals surface area contributed by atoms with Crippen LogP contribution in [0.3, 0.4) is 0 Å². The molecule has 1 N–H and O–H groups in total. The lowest BCUT2D eigenvalue weighted by molar-refractivity contribution is -0.134. The zero-order valence-electron chi connectivity index (χ0n) is 10.7. The Morgan fingerprint density at radius 2 is 2.29 bits per heavy atom. The second-order valence-electron chi connectivity index (χ2n) is 5.39. The van der Waals surface area contributed by atoms with Crippen molar-refractivity contribution in [2.24, 2.45) is 0 Å². The molecule has 2 aliphatic rings. The molecule has 2 aliphatic heterocycles. The Kier molecular flexibility index (Phi) is 5.61. The van der Waals surface area contributed by atoms with Gasteiger partial charge in [-0.3, -0.25) is 4.79 Å². The molecule has 5 heteroatoms. The molecule has 0 saturated carbocycles. The summed E-state index contributed by atoms with van der Waals surface area (Å²) in [6.45, 7) is 6.36. The Bertz CT molecular complexity index is 267. The van der Waals surface area contributed by atoms with Crippen molar-refractivity contribution < 1.29 is 4.79 Å². The van der Waals surface area contributed by atoms with Crippen LogP contribution < -0.4 is 5.32 Å². The number of hydrogen-bond donors (Lipinski definition) is 1. The number of halogens is 1. The van der Waals surface area contributed by atoms with Gasteiger partial charge in [0.25, 0.3) is 0 Å². The highest BCUT2D eigenvalue weighted by molar-refractivity contribution is 7.99. The first-order chi connectivity index (χ1) is 7.59. The highest BCUT2D eigenvalue weighted by atomic mass is 35.5. The van der Waals surface area contributed by atoms with Gasteiger partial charge in [0, 0.05) is 42.6 Å². The van der Waals surface area contributed by atoms with Gasteiger partial charge in [-0.25, -0.2) is 0 Å². The van der Waals surface area contributed by atoms with Gasteiger partial charge in [-0.15, -0.1) is 12.4 Å². The van der Waals surface area contributed by atoms with Gasteiger partial charge >= 0.3 is 0 Å². The maximum absolute atomic E-state index is 12.2. The molecule has 2 saturated heterocycles. The molecule has 2 rings (SSSR count). The van der Waals surface area contributed by atoms with Crippen molar-refractivity contribution in [1.29, 1.82) is 0 Å². The van der Waals surface area contributed by atoms with Gasteiger partial charge in [-0.1, -0.05) is 0 Å². The molecule has 0 aliphatic carbocycles. The minimum Gasteiger partial charge on any atom is -0.338 e. The lowest BCUT2D eigenvalue weighted by atomic mass is 10.0. The van der Waals surface area contributed by atoms with Crippen LogP contribution in [0.25, 0.3) is 0 Å². The van der Waals surface area contributed by atoms with Crippen LogP contribution >= 0.6 is 24.2 Å². The molecule has 1 amide bonds. The highest BCUT2D eigenvalue weighted by Gasteiger charge is 2.35. The molecule has 0 aromatic heterocycles. The average molecular weight is 279 g/mol. The average Bonchev–Trinajstić information content (AvgIpc) is 2.59. The number of nitrogens with zero attached hydrogens (tertiary/aromatic N) is 1. The molecule has 0 radical (unpaired) electrons. The lowest BCUT2D eigenvalue weighted by Gasteiger charge is -2.33. The smallest absolute Gasteiger partial charge is 0.224 e. The summed E-state index contributed by atoms with van der Waals surface area (Å²) in [5.74, 6) is 2.60. The summed E-state index contributed by atoms with van der Waals surface area (Å²) in [7, 11) is 0. The van der Waals surface area contributed by atoms with Crippen molar-refractivity contribution in [2.75, 3.05) is 24.6 Å². The highest BCUT2D eigenvalue weighted by Crippen LogP contribution is 2.29. The van der Waals surface area contributed by atoms with Crippen LogP contribution in [0.2, 0.25) is 0 Å². The molecule has 3 nitrogen and oxygen atoms in total. The second kappa shape index (κ2) is 6.30. The third kappa shape index (κ3) is 3.76. The van der Waals surface area contributed by atoms with E-state index in [1.165, 1.54) is 5.75 Å². The van der Waals surface area contributed by atoms with E-state index in [9.17, 15) is 4.79 Å². The molecule has 0 aromatic rings. The molecule has 2 heterocycles. The first-order valence-corrected chi connectivity index (χ1v) is 7.37. The minimum absolute atomic E-state index is 0. The van der Waals surface area contributed by atoms with Crippen molar-refractivity contribution in [3.8, 4) is 0 Å². The number of likely N-dealkylation sites (tertiary alicyclic amines) is 1. The number of nitrogens with one attached hydrogen (secondary N) is 1. The summed E-state index contributed by atoms with van der Waals surface area (Å²) in [6.07, 6.45) is 2.98. The third-order valence-electron chi connectivity index (χ3n) is 3.62. The van der Waals surface area contributed by atoms with E-state index < -0.39 is 0 Å². The molecule has 1 unspecified atom stereocenters. The van der Waals surface area contributed by atoms with E-state index in [2.05, 4.69) is 24.1 Å². The minimum atomic E-state index is 0. The first-order valence-electron chi connectivity index (χ1n) is 6.21. The number of hydrogen-bond acceptors (Lipinski definition) is 3. The summed E-state index contributed by atoms with van der Waals surface area (Å²) >= 11 is 1.95. The topological polar surface area (TPSA) is 32.3 Å². The fourth-order valence-corrected chi connectivity index (χ4v) is 3.59. The number of thioether (sulfide) groups is 1. The number of carbonyl (C=O) groups excluding carboxylic acids is 1. The largest absolute Gasteiger partial charge is 0.338 e. The summed E-state index contributed by atoms with van der Waals surface area (Å²) in [5, 5.41) is 3.43. The van der Waals surface area contributed by atoms with E-state index in [0.717, 1.165) is 31.7 Å². The van der Waals surface area contributed by atoms with Crippen LogP contribution in [-0.4, -0.2) is 47.0 Å². The van der Waals surface area contributed by atoms with Crippen LogP contribution in [0.5, 0.6) is 0 Å². The van der Waals surface area contributed by atoms with Crippen LogP contribution in [0, 0.1) is 0 Å². The van der Waals surface area contributed by atoms with Crippen molar-refractivity contribution in [3.05, 3.63) is 0 Å². The molecule has 0 aromatic carbocycles. The molecular weight excluding hydrogens is 256 g/mol. The molecule has 0 bridgehead atoms. The quantitative estimate of drug-likeness (QED) is 0.837. The molecular formula is C12H23ClN2OS. The third-order valence-corrected chi connectivity index (χ3v) is 4.75. The Morgan fingerprint density at radius 1 is 1.53 bits per heavy atom. The first kappa shape index (κ1) is 15.1. The van der Waals surface area contributed by atoms with E-state index in [-0.39, 0.29) is 17.9 Å². The Balaban J connectivity index is 0.00000144. The monoisotopic (exact) mass is 278 g/mol. The SMILES string of the molecule is CC1(C)CCCN1C(=O)CC1CSCCN1.Cl. The summed E-state index contributed by atoms with van der Waals surface area (Å²) < 4.78 is 0. The zero-order chi connectivity index (χ0) is 11.6. The molecule has 1 atom stereocenters. The van der Waals surface area contributed by atoms with E-state index in [4.69, 9.17) is 0 Å². The van der Waals surface area contributed by atoms with Gasteiger partial charge in [0.15, 0.2) is 0 Å². The maximum atomic E-state index is 12.2. The summed E-state index contributed by atoms with van der Waals surface area (Å²) in [5.41, 5.74) is 0.0822. The zero-order valence-corrected chi connectivity index (χ0v) is 12.3. The van der Waals surface area contributed by atoms with Gasteiger partial charge < -0.3 is 10.2 Å². The summed E-state index contributed by atoms with van der Waals surface area (Å²) in [4.78, 5) is 14.3. The van der Waals surface area contributed by atoms with E-state index >= 15 is 0 Å². The number of rotatable bonds is 2. The van der Waals surface area contributed by atoms with E-state index in [0.29, 0.717) is 18.4 Å². The Morgan fingerprint density at radius 3 is 2.82 bits per heavy atom. The Hall–Kier alpha value is 0.0700. The standard InChI is InChI=1S/C12H22N2OS.ClH/c1-12(2)4-3-6-14(12)11(15)8-10-9-16-7-5-13-10;/h10,13H,3-9H2,1-2H3;1H. The van der Waals surface area contributed by atoms with Gasteiger partial charge in [0.2, 0.25) is 5.91 Å². The van der Waals surface area contributed by atoms with E-state index in [1.54, 1.807) is 0 Å². The van der Waals surface area contributed by atoms with Crippen LogP contribution in [0.15, 0.2) is 0 Å². The molecule has 100 valence electrons. The number of amides is 1. The van der Waals surface area contributed by atoms with Gasteiger partial charge in [-0.05, 0) is 26.7 Å². The van der Waals surface area contributed by atoms with Gasteiger partial charge in [-0.2, -0.15) is 11.8 Å². The Labute approximate surface area is 114 Å². The van der Waals surface area contributed by atoms with Crippen molar-refractivity contribution in [2.45, 2.75) is 44.7 Å². The van der Waals surface area contributed by atoms with E-state index in [1.807, 2.05) is 11.8 Å². The normalized spacial score (nSPS) is 27.6. The molecule has 17 heavy (non-hydrogen) atoms. The van der Waals surface area contributed by atoms with Gasteiger partial charge in [0.1, 0.15) is 0 Å². The van der Waals surface area contributed by atoms with Crippen molar-refractivity contribution >= 4 is 30.1 Å². The fourth-order valence-electron chi connectivity index (χ4n) is 2.64. The van der Waals surface area contributed by atoms with Crippen molar-refractivity contribution in [3.63, 3.8) is 0 Å². The maximum Gasteiger partial charge on any atom is 0.224 e. The predicted molar refractivity (Wildman–Crippen MR) is 76.0 cm³/mol. The van der Waals surface area contributed by atoms with Crippen LogP contribution in [0.1, 0.15) is 33.1 Å².